The van der Waals surface area contributed by atoms with Gasteiger partial charge in [0.2, 0.25) is 0 Å². The Hall–Kier alpha value is -3.68. The Morgan fingerprint density at radius 3 is 2.64 bits per heavy atom. The van der Waals surface area contributed by atoms with E-state index in [2.05, 4.69) is 25.2 Å². The van der Waals surface area contributed by atoms with E-state index in [4.69, 9.17) is 25.8 Å². The number of alkyl halides is 3. The van der Waals surface area contributed by atoms with Gasteiger partial charge in [0.05, 0.1) is 52.7 Å². The summed E-state index contributed by atoms with van der Waals surface area (Å²) in [6.07, 6.45) is -0.333. The van der Waals surface area contributed by atoms with Gasteiger partial charge in [0, 0.05) is 18.7 Å². The summed E-state index contributed by atoms with van der Waals surface area (Å²) < 4.78 is 57.0. The number of urea groups is 1. The molecule has 2 aromatic heterocycles. The van der Waals surface area contributed by atoms with Gasteiger partial charge in [-0.1, -0.05) is 37.6 Å². The molecule has 0 radical (unpaired) electrons. The van der Waals surface area contributed by atoms with Crippen LogP contribution in [0, 0.1) is 0 Å². The fourth-order valence-corrected chi connectivity index (χ4v) is 5.65. The van der Waals surface area contributed by atoms with Crippen molar-refractivity contribution in [1.82, 2.24) is 15.0 Å². The number of pyridine rings is 1. The lowest BCUT2D eigenvalue weighted by Gasteiger charge is -2.46. The molecule has 10 nitrogen and oxygen atoms in total. The average Bonchev–Trinajstić information content (AvgIpc) is 3.36. The number of fused-ring (bicyclic) bond motifs is 4. The van der Waals surface area contributed by atoms with Crippen molar-refractivity contribution in [3.8, 4) is 17.3 Å². The van der Waals surface area contributed by atoms with Crippen molar-refractivity contribution < 1.29 is 32.2 Å². The normalized spacial score (nSPS) is 20.4. The van der Waals surface area contributed by atoms with Gasteiger partial charge < -0.3 is 24.4 Å². The summed E-state index contributed by atoms with van der Waals surface area (Å²) >= 11 is 6.56. The number of nitrogens with one attached hydrogen (secondary N) is 1. The van der Waals surface area contributed by atoms with E-state index in [-0.39, 0.29) is 41.0 Å². The molecule has 1 N–H and O–H groups in total. The Bertz CT molecular complexity index is 1490. The fourth-order valence-electron chi connectivity index (χ4n) is 5.40. The number of amides is 2. The van der Waals surface area contributed by atoms with Crippen LogP contribution in [-0.2, 0) is 15.7 Å². The number of halogens is 4. The molecule has 0 saturated carbocycles. The first-order chi connectivity index (χ1) is 21.0. The quantitative estimate of drug-likeness (QED) is 0.327. The molecule has 44 heavy (non-hydrogen) atoms. The summed E-state index contributed by atoms with van der Waals surface area (Å²) in [7, 11) is 0. The second kappa shape index (κ2) is 12.7. The minimum Gasteiger partial charge on any atom is -0.461 e. The number of carbonyl (C=O) groups is 1. The number of hydrogen-bond donors (Lipinski definition) is 1. The molecular weight excluding hydrogens is 601 g/mol. The molecule has 2 unspecified atom stereocenters. The summed E-state index contributed by atoms with van der Waals surface area (Å²) in [5.41, 5.74) is 0.520. The van der Waals surface area contributed by atoms with Crippen LogP contribution in [0.4, 0.5) is 35.2 Å². The number of ether oxygens (including phenoxy) is 3. The monoisotopic (exact) mass is 634 g/mol. The molecule has 0 aliphatic carbocycles. The summed E-state index contributed by atoms with van der Waals surface area (Å²) in [6.45, 7) is 9.58. The second-order valence-corrected chi connectivity index (χ2v) is 11.2. The first-order valence-corrected chi connectivity index (χ1v) is 14.8. The maximum Gasteiger partial charge on any atom is 0.416 e. The van der Waals surface area contributed by atoms with Gasteiger partial charge in [0.1, 0.15) is 12.7 Å². The Morgan fingerprint density at radius 1 is 1.20 bits per heavy atom. The van der Waals surface area contributed by atoms with Crippen molar-refractivity contribution >= 4 is 34.8 Å². The highest BCUT2D eigenvalue weighted by Gasteiger charge is 2.39. The van der Waals surface area contributed by atoms with Crippen LogP contribution in [-0.4, -0.2) is 65.2 Å². The molecule has 2 atom stereocenters. The zero-order valence-corrected chi connectivity index (χ0v) is 25.6. The van der Waals surface area contributed by atoms with E-state index in [1.807, 2.05) is 27.7 Å². The number of piperidine rings is 1. The second-order valence-electron chi connectivity index (χ2n) is 10.8. The number of aromatic nitrogens is 3. The van der Waals surface area contributed by atoms with E-state index in [0.717, 1.165) is 31.5 Å². The molecule has 2 amide bonds. The van der Waals surface area contributed by atoms with E-state index in [0.29, 0.717) is 30.3 Å². The zero-order chi connectivity index (χ0) is 31.6. The predicted molar refractivity (Wildman–Crippen MR) is 160 cm³/mol. The van der Waals surface area contributed by atoms with Crippen LogP contribution in [0.2, 0.25) is 5.02 Å². The van der Waals surface area contributed by atoms with Gasteiger partial charge in [-0.2, -0.15) is 13.2 Å². The standard InChI is InChI=1S/C28H28ClF3N6O4.C2H6/c1-27(2)41-15-20(42-27)14-40-25-33-11-18(12-34-25)35-26(39)38-19-7-4-8-37(13-19)22-10-21(29)23(36-24(22)38)16-5-3-6-17(9-16)28(30,31)32;1-2/h3,5-6,9-12,19-20H,4,7-8,13-15H2,1-2H3,(H,35,39);1-2H3. The van der Waals surface area contributed by atoms with Gasteiger partial charge in [-0.15, -0.1) is 0 Å². The SMILES string of the molecule is CC.CC1(C)OCC(COc2ncc(NC(=O)N3c4nc(-c5cccc(C(F)(F)F)c5)c(Cl)cc4N4CCCC3C4)cn2)O1. The molecule has 2 bridgehead atoms. The minimum absolute atomic E-state index is 0.120. The molecule has 3 aromatic rings. The van der Waals surface area contributed by atoms with Gasteiger partial charge in [0.25, 0.3) is 0 Å². The maximum atomic E-state index is 13.7. The Kier molecular flexibility index (Phi) is 9.19. The van der Waals surface area contributed by atoms with Gasteiger partial charge in [-0.05, 0) is 44.9 Å². The smallest absolute Gasteiger partial charge is 0.416 e. The Labute approximate surface area is 258 Å². The molecule has 3 aliphatic heterocycles. The van der Waals surface area contributed by atoms with Crippen LogP contribution in [0.5, 0.6) is 6.01 Å². The highest BCUT2D eigenvalue weighted by Crippen LogP contribution is 2.43. The zero-order valence-electron chi connectivity index (χ0n) is 24.8. The number of anilines is 3. The van der Waals surface area contributed by atoms with Gasteiger partial charge >= 0.3 is 18.2 Å². The molecule has 14 heteroatoms. The van der Waals surface area contributed by atoms with Gasteiger partial charge in [-0.3, -0.25) is 4.90 Å². The third-order valence-electron chi connectivity index (χ3n) is 7.29. The van der Waals surface area contributed by atoms with Crippen LogP contribution in [0.1, 0.15) is 46.1 Å². The lowest BCUT2D eigenvalue weighted by atomic mass is 9.99. The number of nitrogens with zero attached hydrogens (tertiary/aromatic N) is 5. The molecule has 6 rings (SSSR count). The van der Waals surface area contributed by atoms with Crippen molar-refractivity contribution in [2.45, 2.75) is 64.6 Å². The van der Waals surface area contributed by atoms with Crippen molar-refractivity contribution in [2.24, 2.45) is 0 Å². The van der Waals surface area contributed by atoms with Crippen molar-refractivity contribution in [1.29, 1.82) is 0 Å². The molecular formula is C30H34ClF3N6O4. The Morgan fingerprint density at radius 2 is 1.95 bits per heavy atom. The summed E-state index contributed by atoms with van der Waals surface area (Å²) in [6, 6.07) is 5.92. The number of carbonyl (C=O) groups excluding carboxylic acids is 1. The summed E-state index contributed by atoms with van der Waals surface area (Å²) in [4.78, 5) is 30.3. The minimum atomic E-state index is -4.52. The molecule has 236 valence electrons. The van der Waals surface area contributed by atoms with Crippen LogP contribution >= 0.6 is 11.6 Å². The van der Waals surface area contributed by atoms with Crippen molar-refractivity contribution in [3.05, 3.63) is 53.3 Å². The van der Waals surface area contributed by atoms with E-state index in [1.165, 1.54) is 24.5 Å². The van der Waals surface area contributed by atoms with Crippen LogP contribution in [0.3, 0.4) is 0 Å². The fraction of sp³-hybridized carbons (Fsp3) is 0.467. The van der Waals surface area contributed by atoms with E-state index in [9.17, 15) is 18.0 Å². The molecule has 2 saturated heterocycles. The molecule has 2 fully saturated rings. The van der Waals surface area contributed by atoms with Gasteiger partial charge in [-0.25, -0.2) is 19.7 Å². The molecule has 3 aliphatic rings. The van der Waals surface area contributed by atoms with Gasteiger partial charge in [0.15, 0.2) is 11.6 Å². The summed E-state index contributed by atoms with van der Waals surface area (Å²) in [5.74, 6) is -0.345. The third-order valence-corrected chi connectivity index (χ3v) is 7.58. The van der Waals surface area contributed by atoms with Crippen LogP contribution in [0.15, 0.2) is 42.7 Å². The Balaban J connectivity index is 0.00000188. The van der Waals surface area contributed by atoms with E-state index >= 15 is 0 Å². The van der Waals surface area contributed by atoms with Crippen molar-refractivity contribution in [3.63, 3.8) is 0 Å². The number of benzene rings is 1. The maximum absolute atomic E-state index is 13.7. The highest BCUT2D eigenvalue weighted by atomic mass is 35.5. The molecule has 5 heterocycles. The van der Waals surface area contributed by atoms with Crippen molar-refractivity contribution in [2.75, 3.05) is 41.4 Å². The topological polar surface area (TPSA) is 102 Å². The first kappa shape index (κ1) is 31.7. The largest absolute Gasteiger partial charge is 0.461 e. The van der Waals surface area contributed by atoms with E-state index in [1.54, 1.807) is 11.0 Å². The lowest BCUT2D eigenvalue weighted by molar-refractivity contribution is -0.141. The van der Waals surface area contributed by atoms with Crippen LogP contribution < -0.4 is 19.9 Å². The number of hydrogen-bond acceptors (Lipinski definition) is 8. The highest BCUT2D eigenvalue weighted by molar-refractivity contribution is 6.33. The lowest BCUT2D eigenvalue weighted by Crippen LogP contribution is -2.56. The molecule has 1 aromatic carbocycles. The van der Waals surface area contributed by atoms with E-state index < -0.39 is 23.6 Å². The third kappa shape index (κ3) is 6.84. The summed E-state index contributed by atoms with van der Waals surface area (Å²) in [5, 5.41) is 3.01. The van der Waals surface area contributed by atoms with Crippen LogP contribution in [0.25, 0.3) is 11.3 Å². The average molecular weight is 635 g/mol. The first-order valence-electron chi connectivity index (χ1n) is 14.5. The predicted octanol–water partition coefficient (Wildman–Crippen LogP) is 6.79. The number of rotatable bonds is 5. The molecule has 0 spiro atoms.